The number of carbonyl (C=O) groups excluding carboxylic acids is 2. The molecule has 1 unspecified atom stereocenters. The Balaban J connectivity index is 3.82. The Hall–Kier alpha value is -0.410. The van der Waals surface area contributed by atoms with Crippen LogP contribution in [0.3, 0.4) is 0 Å². The highest BCUT2D eigenvalue weighted by atomic mass is 35.5. The van der Waals surface area contributed by atoms with E-state index in [0.29, 0.717) is 6.61 Å². The number of carbonyl (C=O) groups is 2. The third kappa shape index (κ3) is 2.94. The van der Waals surface area contributed by atoms with Gasteiger partial charge in [0.1, 0.15) is 6.10 Å². The third-order valence-electron chi connectivity index (χ3n) is 0.980. The smallest absolute Gasteiger partial charge is 0.290 e. The molecule has 0 rings (SSSR count). The topological polar surface area (TPSA) is 43.4 Å². The van der Waals surface area contributed by atoms with E-state index in [4.69, 9.17) is 16.3 Å². The molecule has 0 amide bonds. The molecule has 3 nitrogen and oxygen atoms in total. The standard InChI is InChI=1S/C6H9ClO3/c1-3-10-4(2)5(8)6(7)9/h4H,3H2,1-2H3. The predicted molar refractivity (Wildman–Crippen MR) is 37.0 cm³/mol. The van der Waals surface area contributed by atoms with Gasteiger partial charge in [-0.25, -0.2) is 0 Å². The highest BCUT2D eigenvalue weighted by Crippen LogP contribution is 1.95. The van der Waals surface area contributed by atoms with E-state index in [1.54, 1.807) is 6.92 Å². The van der Waals surface area contributed by atoms with Crippen LogP contribution < -0.4 is 0 Å². The number of ether oxygens (including phenoxy) is 1. The van der Waals surface area contributed by atoms with Crippen molar-refractivity contribution in [1.29, 1.82) is 0 Å². The van der Waals surface area contributed by atoms with E-state index in [0.717, 1.165) is 0 Å². The first-order valence-corrected chi connectivity index (χ1v) is 3.32. The molecule has 0 aromatic heterocycles. The van der Waals surface area contributed by atoms with E-state index in [2.05, 4.69) is 0 Å². The summed E-state index contributed by atoms with van der Waals surface area (Å²) < 4.78 is 4.81. The predicted octanol–water partition coefficient (Wildman–Crippen LogP) is 0.746. The summed E-state index contributed by atoms with van der Waals surface area (Å²) >= 11 is 4.89. The van der Waals surface area contributed by atoms with Crippen LogP contribution in [0.5, 0.6) is 0 Å². The molecule has 0 radical (unpaired) electrons. The maximum absolute atomic E-state index is 10.6. The summed E-state index contributed by atoms with van der Waals surface area (Å²) in [7, 11) is 0. The van der Waals surface area contributed by atoms with Gasteiger partial charge in [0.25, 0.3) is 5.24 Å². The number of hydrogen-bond donors (Lipinski definition) is 0. The lowest BCUT2D eigenvalue weighted by atomic mass is 10.3. The number of Topliss-reactive ketones (excluding diaryl/α,β-unsaturated/α-hetero) is 1. The van der Waals surface area contributed by atoms with Crippen molar-refractivity contribution in [3.63, 3.8) is 0 Å². The van der Waals surface area contributed by atoms with Crippen molar-refractivity contribution < 1.29 is 14.3 Å². The molecule has 0 saturated heterocycles. The summed E-state index contributed by atoms with van der Waals surface area (Å²) in [6.45, 7) is 3.63. The molecular weight excluding hydrogens is 156 g/mol. The van der Waals surface area contributed by atoms with Crippen LogP contribution in [0.25, 0.3) is 0 Å². The zero-order valence-electron chi connectivity index (χ0n) is 5.89. The van der Waals surface area contributed by atoms with Crippen LogP contribution in [-0.4, -0.2) is 23.7 Å². The fraction of sp³-hybridized carbons (Fsp3) is 0.667. The van der Waals surface area contributed by atoms with Crippen LogP contribution in [0.4, 0.5) is 0 Å². The quantitative estimate of drug-likeness (QED) is 0.455. The molecule has 4 heteroatoms. The molecule has 0 spiro atoms. The van der Waals surface area contributed by atoms with E-state index in [9.17, 15) is 9.59 Å². The average Bonchev–Trinajstić information content (AvgIpc) is 1.87. The highest BCUT2D eigenvalue weighted by molar-refractivity contribution is 6.81. The first-order valence-electron chi connectivity index (χ1n) is 2.94. The SMILES string of the molecule is CCOC(C)C(=O)C(=O)Cl. The minimum absolute atomic E-state index is 0.400. The second-order valence-corrected chi connectivity index (χ2v) is 2.08. The molecule has 58 valence electrons. The van der Waals surface area contributed by atoms with E-state index in [-0.39, 0.29) is 0 Å². The Bertz CT molecular complexity index is 144. The summed E-state index contributed by atoms with van der Waals surface area (Å²) in [6, 6.07) is 0. The van der Waals surface area contributed by atoms with Gasteiger partial charge in [0.05, 0.1) is 0 Å². The first kappa shape index (κ1) is 9.59. The lowest BCUT2D eigenvalue weighted by molar-refractivity contribution is -0.138. The van der Waals surface area contributed by atoms with Gasteiger partial charge in [-0.1, -0.05) is 0 Å². The van der Waals surface area contributed by atoms with Gasteiger partial charge in [-0.05, 0) is 25.4 Å². The van der Waals surface area contributed by atoms with Crippen molar-refractivity contribution in [1.82, 2.24) is 0 Å². The fourth-order valence-electron chi connectivity index (χ4n) is 0.485. The Kier molecular flexibility index (Phi) is 4.23. The van der Waals surface area contributed by atoms with E-state index in [1.807, 2.05) is 0 Å². The average molecular weight is 165 g/mol. The summed E-state index contributed by atoms with van der Waals surface area (Å²) in [5.74, 6) is -0.691. The summed E-state index contributed by atoms with van der Waals surface area (Å²) in [4.78, 5) is 20.8. The minimum atomic E-state index is -0.971. The second kappa shape index (κ2) is 4.41. The van der Waals surface area contributed by atoms with Gasteiger partial charge in [0.15, 0.2) is 0 Å². The highest BCUT2D eigenvalue weighted by Gasteiger charge is 2.18. The van der Waals surface area contributed by atoms with Gasteiger partial charge in [-0.3, -0.25) is 9.59 Å². The maximum Gasteiger partial charge on any atom is 0.290 e. The Labute approximate surface area is 64.3 Å². The van der Waals surface area contributed by atoms with Gasteiger partial charge in [-0.15, -0.1) is 0 Å². The number of halogens is 1. The lowest BCUT2D eigenvalue weighted by Gasteiger charge is -2.05. The van der Waals surface area contributed by atoms with Crippen LogP contribution >= 0.6 is 11.6 Å². The second-order valence-electron chi connectivity index (χ2n) is 1.74. The Morgan fingerprint density at radius 2 is 2.10 bits per heavy atom. The van der Waals surface area contributed by atoms with E-state index in [1.165, 1.54) is 6.92 Å². The molecule has 0 aromatic rings. The molecule has 0 heterocycles. The Morgan fingerprint density at radius 1 is 1.60 bits per heavy atom. The first-order chi connectivity index (χ1) is 4.59. The van der Waals surface area contributed by atoms with Crippen molar-refractivity contribution in [3.8, 4) is 0 Å². The van der Waals surface area contributed by atoms with Gasteiger partial charge in [0.2, 0.25) is 5.78 Å². The van der Waals surface area contributed by atoms with Crippen LogP contribution in [0.1, 0.15) is 13.8 Å². The van der Waals surface area contributed by atoms with Crippen LogP contribution in [-0.2, 0) is 14.3 Å². The third-order valence-corrected chi connectivity index (χ3v) is 1.17. The fourth-order valence-corrected chi connectivity index (χ4v) is 0.639. The van der Waals surface area contributed by atoms with Crippen molar-refractivity contribution in [3.05, 3.63) is 0 Å². The van der Waals surface area contributed by atoms with Gasteiger partial charge < -0.3 is 4.74 Å². The zero-order chi connectivity index (χ0) is 8.15. The van der Waals surface area contributed by atoms with Crippen LogP contribution in [0, 0.1) is 0 Å². The van der Waals surface area contributed by atoms with Crippen molar-refractivity contribution in [2.75, 3.05) is 6.61 Å². The molecule has 0 aliphatic carbocycles. The monoisotopic (exact) mass is 164 g/mol. The Morgan fingerprint density at radius 3 is 2.40 bits per heavy atom. The largest absolute Gasteiger partial charge is 0.370 e. The number of hydrogen-bond acceptors (Lipinski definition) is 3. The lowest BCUT2D eigenvalue weighted by Crippen LogP contribution is -2.25. The molecule has 0 N–H and O–H groups in total. The normalized spacial score (nSPS) is 12.7. The van der Waals surface area contributed by atoms with Gasteiger partial charge in [0, 0.05) is 6.61 Å². The molecule has 0 bridgehead atoms. The van der Waals surface area contributed by atoms with Crippen LogP contribution in [0.2, 0.25) is 0 Å². The van der Waals surface area contributed by atoms with Gasteiger partial charge in [-0.2, -0.15) is 0 Å². The summed E-state index contributed by atoms with van der Waals surface area (Å²) in [5.41, 5.74) is 0. The van der Waals surface area contributed by atoms with E-state index < -0.39 is 17.1 Å². The molecular formula is C6H9ClO3. The van der Waals surface area contributed by atoms with Gasteiger partial charge >= 0.3 is 0 Å². The molecule has 0 aliphatic heterocycles. The molecule has 0 aliphatic rings. The molecule has 10 heavy (non-hydrogen) atoms. The molecule has 0 saturated carbocycles. The minimum Gasteiger partial charge on any atom is -0.370 e. The van der Waals surface area contributed by atoms with Crippen molar-refractivity contribution in [2.45, 2.75) is 20.0 Å². The maximum atomic E-state index is 10.6. The molecule has 0 fully saturated rings. The number of rotatable bonds is 4. The van der Waals surface area contributed by atoms with Crippen LogP contribution in [0.15, 0.2) is 0 Å². The van der Waals surface area contributed by atoms with Crippen molar-refractivity contribution >= 4 is 22.6 Å². The summed E-state index contributed by atoms with van der Waals surface area (Å²) in [6.07, 6.45) is -0.713. The molecule has 0 aromatic carbocycles. The zero-order valence-corrected chi connectivity index (χ0v) is 6.64. The number of ketones is 1. The summed E-state index contributed by atoms with van der Waals surface area (Å²) in [5, 5.41) is -0.971. The van der Waals surface area contributed by atoms with Crippen molar-refractivity contribution in [2.24, 2.45) is 0 Å². The van der Waals surface area contributed by atoms with E-state index >= 15 is 0 Å². The molecule has 1 atom stereocenters.